The largest absolute Gasteiger partial charge is 0.466 e. The smallest absolute Gasteiger partial charge is 0.309 e. The van der Waals surface area contributed by atoms with Crippen molar-refractivity contribution >= 4 is 5.97 Å². The molecule has 2 N–H and O–H groups in total. The number of carbonyl (C=O) groups is 1. The van der Waals surface area contributed by atoms with Crippen LogP contribution in [0.3, 0.4) is 0 Å². The third-order valence-corrected chi connectivity index (χ3v) is 4.17. The van der Waals surface area contributed by atoms with Crippen LogP contribution < -0.4 is 5.73 Å². The molecule has 2 rings (SSSR count). The van der Waals surface area contributed by atoms with Gasteiger partial charge < -0.3 is 10.5 Å². The van der Waals surface area contributed by atoms with E-state index in [4.69, 9.17) is 10.5 Å². The maximum atomic E-state index is 11.6. The molecule has 3 nitrogen and oxygen atoms in total. The topological polar surface area (TPSA) is 52.3 Å². The molecule has 2 saturated carbocycles. The summed E-state index contributed by atoms with van der Waals surface area (Å²) in [5, 5.41) is 0. The fourth-order valence-corrected chi connectivity index (χ4v) is 3.12. The molecule has 0 amide bonds. The van der Waals surface area contributed by atoms with Crippen LogP contribution in [0.25, 0.3) is 0 Å². The maximum Gasteiger partial charge on any atom is 0.309 e. The molecule has 0 aliphatic heterocycles. The first-order chi connectivity index (χ1) is 6.74. The first-order valence-electron chi connectivity index (χ1n) is 5.61. The average Bonchev–Trinajstić information content (AvgIpc) is 2.00. The quantitative estimate of drug-likeness (QED) is 0.694. The number of rotatable bonds is 3. The lowest BCUT2D eigenvalue weighted by Gasteiger charge is -2.60. The number of ether oxygens (including phenoxy) is 1. The van der Waals surface area contributed by atoms with E-state index in [1.807, 2.05) is 6.92 Å². The number of esters is 1. The van der Waals surface area contributed by atoms with Gasteiger partial charge in [-0.1, -0.05) is 6.42 Å². The second kappa shape index (κ2) is 3.54. The Kier molecular flexibility index (Phi) is 2.52. The number of carbonyl (C=O) groups excluding carboxylic acids is 1. The SMILES string of the molecule is CCOC(=O)C1CC(CN)C12CCC2. The van der Waals surface area contributed by atoms with E-state index in [1.54, 1.807) is 0 Å². The first kappa shape index (κ1) is 9.97. The van der Waals surface area contributed by atoms with Gasteiger partial charge in [-0.25, -0.2) is 0 Å². The molecule has 2 aliphatic rings. The summed E-state index contributed by atoms with van der Waals surface area (Å²) in [6.45, 7) is 3.10. The van der Waals surface area contributed by atoms with Crippen molar-refractivity contribution in [2.75, 3.05) is 13.2 Å². The summed E-state index contributed by atoms with van der Waals surface area (Å²) in [6, 6.07) is 0. The van der Waals surface area contributed by atoms with Crippen LogP contribution >= 0.6 is 0 Å². The van der Waals surface area contributed by atoms with Crippen molar-refractivity contribution < 1.29 is 9.53 Å². The van der Waals surface area contributed by atoms with Gasteiger partial charge in [0.2, 0.25) is 0 Å². The molecule has 80 valence electrons. The minimum Gasteiger partial charge on any atom is -0.466 e. The van der Waals surface area contributed by atoms with Gasteiger partial charge in [0, 0.05) is 0 Å². The Morgan fingerprint density at radius 1 is 1.57 bits per heavy atom. The summed E-state index contributed by atoms with van der Waals surface area (Å²) in [6.07, 6.45) is 4.57. The number of hydrogen-bond donors (Lipinski definition) is 1. The molecule has 0 saturated heterocycles. The molecular weight excluding hydrogens is 178 g/mol. The van der Waals surface area contributed by atoms with Crippen molar-refractivity contribution in [2.45, 2.75) is 32.6 Å². The van der Waals surface area contributed by atoms with E-state index < -0.39 is 0 Å². The molecule has 0 aromatic carbocycles. The monoisotopic (exact) mass is 197 g/mol. The molecule has 0 heterocycles. The van der Waals surface area contributed by atoms with Gasteiger partial charge in [0.05, 0.1) is 12.5 Å². The molecule has 0 aromatic rings. The van der Waals surface area contributed by atoms with E-state index in [0.29, 0.717) is 12.5 Å². The summed E-state index contributed by atoms with van der Waals surface area (Å²) in [5.41, 5.74) is 5.95. The van der Waals surface area contributed by atoms with Gasteiger partial charge in [-0.2, -0.15) is 0 Å². The van der Waals surface area contributed by atoms with Crippen molar-refractivity contribution in [3.63, 3.8) is 0 Å². The van der Waals surface area contributed by atoms with Crippen LogP contribution in [0.1, 0.15) is 32.6 Å². The Morgan fingerprint density at radius 2 is 2.29 bits per heavy atom. The molecule has 2 aliphatic carbocycles. The Bertz CT molecular complexity index is 235. The van der Waals surface area contributed by atoms with Crippen LogP contribution in [0, 0.1) is 17.3 Å². The van der Waals surface area contributed by atoms with Gasteiger partial charge in [-0.05, 0) is 44.1 Å². The highest BCUT2D eigenvalue weighted by molar-refractivity contribution is 5.75. The summed E-state index contributed by atoms with van der Waals surface area (Å²) >= 11 is 0. The lowest BCUT2D eigenvalue weighted by Crippen LogP contribution is -2.59. The molecule has 2 atom stereocenters. The summed E-state index contributed by atoms with van der Waals surface area (Å²) in [4.78, 5) is 11.6. The normalized spacial score (nSPS) is 33.3. The molecule has 1 spiro atoms. The zero-order chi connectivity index (χ0) is 10.2. The standard InChI is InChI=1S/C11H19NO2/c1-2-14-10(13)9-6-8(7-12)11(9)4-3-5-11/h8-9H,2-7,12H2,1H3. The Morgan fingerprint density at radius 3 is 2.71 bits per heavy atom. The van der Waals surface area contributed by atoms with E-state index in [9.17, 15) is 4.79 Å². The highest BCUT2D eigenvalue weighted by atomic mass is 16.5. The maximum absolute atomic E-state index is 11.6. The van der Waals surface area contributed by atoms with Crippen molar-refractivity contribution in [1.29, 1.82) is 0 Å². The fourth-order valence-electron chi connectivity index (χ4n) is 3.12. The summed E-state index contributed by atoms with van der Waals surface area (Å²) in [5.74, 6) is 0.743. The van der Waals surface area contributed by atoms with Crippen LogP contribution in [-0.2, 0) is 9.53 Å². The zero-order valence-corrected chi connectivity index (χ0v) is 8.79. The van der Waals surface area contributed by atoms with Crippen LogP contribution in [0.2, 0.25) is 0 Å². The van der Waals surface area contributed by atoms with Crippen LogP contribution in [-0.4, -0.2) is 19.1 Å². The third-order valence-electron chi connectivity index (χ3n) is 4.17. The zero-order valence-electron chi connectivity index (χ0n) is 8.79. The second-order valence-corrected chi connectivity index (χ2v) is 4.56. The number of hydrogen-bond acceptors (Lipinski definition) is 3. The number of nitrogens with two attached hydrogens (primary N) is 1. The highest BCUT2D eigenvalue weighted by Crippen LogP contribution is 2.63. The van der Waals surface area contributed by atoms with Gasteiger partial charge in [-0.3, -0.25) is 4.79 Å². The minimum atomic E-state index is 0.0110. The van der Waals surface area contributed by atoms with Crippen molar-refractivity contribution in [3.8, 4) is 0 Å². The van der Waals surface area contributed by atoms with E-state index in [2.05, 4.69) is 0 Å². The van der Waals surface area contributed by atoms with Gasteiger partial charge in [0.15, 0.2) is 0 Å². The Labute approximate surface area is 85.0 Å². The van der Waals surface area contributed by atoms with E-state index in [1.165, 1.54) is 19.3 Å². The van der Waals surface area contributed by atoms with Crippen LogP contribution in [0.15, 0.2) is 0 Å². The fraction of sp³-hybridized carbons (Fsp3) is 0.909. The summed E-state index contributed by atoms with van der Waals surface area (Å²) in [7, 11) is 0. The average molecular weight is 197 g/mol. The van der Waals surface area contributed by atoms with Crippen molar-refractivity contribution in [3.05, 3.63) is 0 Å². The van der Waals surface area contributed by atoms with Gasteiger partial charge in [-0.15, -0.1) is 0 Å². The predicted octanol–water partition coefficient (Wildman–Crippen LogP) is 1.31. The molecule has 14 heavy (non-hydrogen) atoms. The molecule has 2 fully saturated rings. The lowest BCUT2D eigenvalue weighted by atomic mass is 9.44. The van der Waals surface area contributed by atoms with Crippen LogP contribution in [0.4, 0.5) is 0 Å². The predicted molar refractivity (Wildman–Crippen MR) is 53.6 cm³/mol. The second-order valence-electron chi connectivity index (χ2n) is 4.56. The first-order valence-corrected chi connectivity index (χ1v) is 5.61. The third kappa shape index (κ3) is 1.18. The summed E-state index contributed by atoms with van der Waals surface area (Å²) < 4.78 is 5.09. The lowest BCUT2D eigenvalue weighted by molar-refractivity contribution is -0.180. The highest BCUT2D eigenvalue weighted by Gasteiger charge is 2.60. The Hall–Kier alpha value is -0.570. The molecule has 3 heteroatoms. The molecule has 0 radical (unpaired) electrons. The van der Waals surface area contributed by atoms with Crippen molar-refractivity contribution in [1.82, 2.24) is 0 Å². The van der Waals surface area contributed by atoms with E-state index in [0.717, 1.165) is 13.0 Å². The molecule has 2 unspecified atom stereocenters. The molecule has 0 bridgehead atoms. The van der Waals surface area contributed by atoms with Gasteiger partial charge in [0.25, 0.3) is 0 Å². The van der Waals surface area contributed by atoms with Crippen molar-refractivity contribution in [2.24, 2.45) is 23.0 Å². The van der Waals surface area contributed by atoms with Crippen LogP contribution in [0.5, 0.6) is 0 Å². The minimum absolute atomic E-state index is 0.0110. The molecular formula is C11H19NO2. The van der Waals surface area contributed by atoms with Gasteiger partial charge >= 0.3 is 5.97 Å². The van der Waals surface area contributed by atoms with E-state index >= 15 is 0 Å². The Balaban J connectivity index is 1.99. The van der Waals surface area contributed by atoms with Gasteiger partial charge in [0.1, 0.15) is 0 Å². The van der Waals surface area contributed by atoms with E-state index in [-0.39, 0.29) is 17.3 Å². The molecule has 0 aromatic heterocycles.